The average molecular weight is 556 g/mol. The summed E-state index contributed by atoms with van der Waals surface area (Å²) in [5, 5.41) is 12.9. The number of nitrogens with zero attached hydrogens (tertiary/aromatic N) is 2. The maximum atomic E-state index is 11.9. The Kier molecular flexibility index (Phi) is 30.4. The van der Waals surface area contributed by atoms with Crippen LogP contribution in [0.4, 0.5) is 10.5 Å². The van der Waals surface area contributed by atoms with Crippen LogP contribution in [0, 0.1) is 10.1 Å². The third-order valence-electron chi connectivity index (χ3n) is 5.11. The molecule has 10 heteroatoms. The van der Waals surface area contributed by atoms with Gasteiger partial charge in [0.15, 0.2) is 0 Å². The van der Waals surface area contributed by atoms with E-state index in [4.69, 9.17) is 9.53 Å². The predicted octanol–water partition coefficient (Wildman–Crippen LogP) is 7.29. The lowest BCUT2D eigenvalue weighted by atomic mass is 10.0. The molecule has 1 saturated carbocycles. The summed E-state index contributed by atoms with van der Waals surface area (Å²) in [4.78, 5) is 44.2. The molecule has 1 atom stereocenters. The van der Waals surface area contributed by atoms with Crippen LogP contribution in [-0.2, 0) is 14.3 Å². The second-order valence-electron chi connectivity index (χ2n) is 8.23. The number of benzene rings is 1. The van der Waals surface area contributed by atoms with Gasteiger partial charge in [-0.25, -0.2) is 4.79 Å². The summed E-state index contributed by atoms with van der Waals surface area (Å²) in [5.74, 6) is 0.0238. The van der Waals surface area contributed by atoms with Crippen molar-refractivity contribution in [2.45, 2.75) is 112 Å². The second-order valence-corrected chi connectivity index (χ2v) is 8.23. The quantitative estimate of drug-likeness (QED) is 0.229. The summed E-state index contributed by atoms with van der Waals surface area (Å²) in [5.41, 5.74) is -0.0917. The van der Waals surface area contributed by atoms with Gasteiger partial charge in [0.2, 0.25) is 5.91 Å². The number of ether oxygens (including phenoxy) is 2. The summed E-state index contributed by atoms with van der Waals surface area (Å²) in [6, 6.07) is 5.31. The number of carbonyl (C=O) groups excluding carboxylic acids is 3. The van der Waals surface area contributed by atoms with Gasteiger partial charge in [-0.3, -0.25) is 19.7 Å². The van der Waals surface area contributed by atoms with Crippen LogP contribution in [0.3, 0.4) is 0 Å². The molecule has 2 fully saturated rings. The molecular weight excluding hydrogens is 502 g/mol. The van der Waals surface area contributed by atoms with Crippen molar-refractivity contribution in [3.63, 3.8) is 0 Å². The minimum absolute atomic E-state index is 0.0917. The number of carbonyl (C=O) groups is 3. The van der Waals surface area contributed by atoms with E-state index in [1.807, 2.05) is 34.6 Å². The second kappa shape index (κ2) is 29.4. The smallest absolute Gasteiger partial charge is 0.413 e. The number of methoxy groups -OCH3 is 1. The number of hydrogen-bond donors (Lipinski definition) is 1. The first-order valence-electron chi connectivity index (χ1n) is 14.3. The highest BCUT2D eigenvalue weighted by Gasteiger charge is 2.25. The van der Waals surface area contributed by atoms with Gasteiger partial charge in [0.05, 0.1) is 12.0 Å². The van der Waals surface area contributed by atoms with Gasteiger partial charge in [-0.15, -0.1) is 0 Å². The summed E-state index contributed by atoms with van der Waals surface area (Å²) >= 11 is 0. The zero-order valence-corrected chi connectivity index (χ0v) is 25.5. The molecule has 2 amide bonds. The SMILES string of the molecule is C1CCCCC1.CC.CC.CC1CCCN1C(=O)CNC(=O)Oc1ccc([N+](=O)[O-])cc1.CCC.COC=O. The van der Waals surface area contributed by atoms with Crippen LogP contribution < -0.4 is 10.1 Å². The van der Waals surface area contributed by atoms with E-state index in [-0.39, 0.29) is 29.9 Å². The standard InChI is InChI=1S/C14H17N3O5.C6H12.C3H8.C2H4O2.2C2H6/c1-10-3-2-8-16(10)13(18)9-15-14(19)22-12-6-4-11(5-7-12)17(20)21;1-2-4-6-5-3-1;1-3-2;1-4-2-3;2*1-2/h4-7,10H,2-3,8-9H2,1H3,(H,15,19);1-6H2;3H2,1-2H3;2H,1H3;2*1-2H3. The van der Waals surface area contributed by atoms with E-state index in [9.17, 15) is 19.7 Å². The molecule has 1 aliphatic carbocycles. The molecule has 1 unspecified atom stereocenters. The lowest BCUT2D eigenvalue weighted by Crippen LogP contribution is -2.42. The molecule has 0 bridgehead atoms. The van der Waals surface area contributed by atoms with E-state index in [2.05, 4.69) is 23.9 Å². The topological polar surface area (TPSA) is 128 Å². The van der Waals surface area contributed by atoms with E-state index in [0.717, 1.165) is 12.8 Å². The van der Waals surface area contributed by atoms with Crippen molar-refractivity contribution in [2.75, 3.05) is 20.2 Å². The van der Waals surface area contributed by atoms with E-state index in [1.165, 1.54) is 76.3 Å². The van der Waals surface area contributed by atoms with Gasteiger partial charge in [-0.2, -0.15) is 0 Å². The van der Waals surface area contributed by atoms with Gasteiger partial charge in [0.1, 0.15) is 12.3 Å². The number of rotatable bonds is 5. The summed E-state index contributed by atoms with van der Waals surface area (Å²) in [7, 11) is 1.31. The molecule has 0 radical (unpaired) electrons. The van der Waals surface area contributed by atoms with Crippen LogP contribution in [0.2, 0.25) is 0 Å². The molecule has 39 heavy (non-hydrogen) atoms. The lowest BCUT2D eigenvalue weighted by Gasteiger charge is -2.21. The van der Waals surface area contributed by atoms with Gasteiger partial charge >= 0.3 is 6.09 Å². The molecule has 1 heterocycles. The molecule has 2 aliphatic rings. The van der Waals surface area contributed by atoms with Crippen molar-refractivity contribution in [2.24, 2.45) is 0 Å². The number of nitro groups is 1. The summed E-state index contributed by atoms with van der Waals surface area (Å²) in [6.45, 7) is 15.2. The molecule has 1 N–H and O–H groups in total. The van der Waals surface area contributed by atoms with Crippen LogP contribution in [0.15, 0.2) is 24.3 Å². The summed E-state index contributed by atoms with van der Waals surface area (Å²) in [6.07, 6.45) is 11.4. The van der Waals surface area contributed by atoms with Gasteiger partial charge in [0, 0.05) is 24.7 Å². The fraction of sp³-hybridized carbons (Fsp3) is 0.690. The Morgan fingerprint density at radius 3 is 1.77 bits per heavy atom. The van der Waals surface area contributed by atoms with Gasteiger partial charge in [0.25, 0.3) is 12.2 Å². The van der Waals surface area contributed by atoms with Crippen LogP contribution in [0.5, 0.6) is 5.75 Å². The van der Waals surface area contributed by atoms with E-state index in [0.29, 0.717) is 13.0 Å². The molecule has 10 nitrogen and oxygen atoms in total. The number of non-ortho nitro benzene ring substituents is 1. The first-order valence-corrected chi connectivity index (χ1v) is 14.3. The highest BCUT2D eigenvalue weighted by molar-refractivity contribution is 5.83. The molecule has 1 aliphatic heterocycles. The van der Waals surface area contributed by atoms with Crippen molar-refractivity contribution in [1.29, 1.82) is 0 Å². The Hall–Kier alpha value is -3.17. The monoisotopic (exact) mass is 555 g/mol. The molecule has 1 saturated heterocycles. The van der Waals surface area contributed by atoms with Crippen LogP contribution in [-0.4, -0.2) is 54.5 Å². The minimum atomic E-state index is -0.769. The molecular formula is C29H53N3O7. The zero-order chi connectivity index (χ0) is 30.5. The highest BCUT2D eigenvalue weighted by atomic mass is 16.6. The van der Waals surface area contributed by atoms with Gasteiger partial charge in [-0.05, 0) is 31.9 Å². The maximum Gasteiger partial charge on any atom is 0.413 e. The number of hydrogen-bond acceptors (Lipinski definition) is 7. The number of nitro benzene ring substituents is 1. The Morgan fingerprint density at radius 1 is 1.00 bits per heavy atom. The Labute approximate surface area is 236 Å². The number of likely N-dealkylation sites (tertiary alicyclic amines) is 1. The fourth-order valence-corrected chi connectivity index (χ4v) is 3.39. The first kappa shape index (κ1) is 40.3. The number of amides is 2. The highest BCUT2D eigenvalue weighted by Crippen LogP contribution is 2.18. The zero-order valence-electron chi connectivity index (χ0n) is 25.5. The predicted molar refractivity (Wildman–Crippen MR) is 157 cm³/mol. The molecule has 226 valence electrons. The van der Waals surface area contributed by atoms with Crippen molar-refractivity contribution in [3.8, 4) is 5.75 Å². The third kappa shape index (κ3) is 22.5. The van der Waals surface area contributed by atoms with Crippen molar-refractivity contribution in [3.05, 3.63) is 34.4 Å². The molecule has 3 rings (SSSR count). The first-order chi connectivity index (χ1) is 18.8. The maximum absolute atomic E-state index is 11.9. The summed E-state index contributed by atoms with van der Waals surface area (Å²) < 4.78 is 8.81. The molecule has 1 aromatic carbocycles. The Balaban J connectivity index is -0.000000623. The normalized spacial score (nSPS) is 14.7. The van der Waals surface area contributed by atoms with Gasteiger partial charge in [-0.1, -0.05) is 86.5 Å². The van der Waals surface area contributed by atoms with E-state index < -0.39 is 11.0 Å². The molecule has 0 aromatic heterocycles. The Bertz CT molecular complexity index is 727. The van der Waals surface area contributed by atoms with Crippen LogP contribution in [0.1, 0.15) is 106 Å². The Morgan fingerprint density at radius 2 is 1.44 bits per heavy atom. The van der Waals surface area contributed by atoms with E-state index >= 15 is 0 Å². The third-order valence-corrected chi connectivity index (χ3v) is 5.11. The number of nitrogens with one attached hydrogen (secondary N) is 1. The fourth-order valence-electron chi connectivity index (χ4n) is 3.39. The lowest BCUT2D eigenvalue weighted by molar-refractivity contribution is -0.384. The molecule has 0 spiro atoms. The van der Waals surface area contributed by atoms with Crippen LogP contribution >= 0.6 is 0 Å². The van der Waals surface area contributed by atoms with Gasteiger partial charge < -0.3 is 19.7 Å². The average Bonchev–Trinajstić information content (AvgIpc) is 3.42. The van der Waals surface area contributed by atoms with Crippen molar-refractivity contribution >= 4 is 24.2 Å². The molecule has 1 aromatic rings. The van der Waals surface area contributed by atoms with Crippen LogP contribution in [0.25, 0.3) is 0 Å². The van der Waals surface area contributed by atoms with E-state index in [1.54, 1.807) is 4.90 Å². The van der Waals surface area contributed by atoms with Crippen molar-refractivity contribution < 1.29 is 28.8 Å². The van der Waals surface area contributed by atoms with Crippen molar-refractivity contribution in [1.82, 2.24) is 10.2 Å². The minimum Gasteiger partial charge on any atom is -0.471 e. The largest absolute Gasteiger partial charge is 0.471 e.